The summed E-state index contributed by atoms with van der Waals surface area (Å²) in [5.74, 6) is 0.462. The standard InChI is InChI=1S/C23H20ClN5O/c1-14-13-29(20-5-3-2-4-19(20)24)22(30)18-12-26-23(28-21(14)18)27-17-7-6-15-8-9-25-11-16(15)10-17/h2-7,10,12-13,25H,8-9,11H2,1H3,(H,26,27,28). The quantitative estimate of drug-likeness (QED) is 0.524. The summed E-state index contributed by atoms with van der Waals surface area (Å²) in [5.41, 5.74) is 5.51. The van der Waals surface area contributed by atoms with Gasteiger partial charge in [-0.2, -0.15) is 0 Å². The van der Waals surface area contributed by atoms with Crippen LogP contribution in [0.4, 0.5) is 11.6 Å². The molecule has 1 aliphatic heterocycles. The van der Waals surface area contributed by atoms with E-state index in [-0.39, 0.29) is 5.56 Å². The van der Waals surface area contributed by atoms with Gasteiger partial charge in [0.1, 0.15) is 0 Å². The second kappa shape index (κ2) is 7.55. The molecule has 0 bridgehead atoms. The minimum Gasteiger partial charge on any atom is -0.324 e. The van der Waals surface area contributed by atoms with Gasteiger partial charge in [0.25, 0.3) is 5.56 Å². The number of nitrogens with zero attached hydrogens (tertiary/aromatic N) is 3. The van der Waals surface area contributed by atoms with Crippen molar-refractivity contribution >= 4 is 34.1 Å². The minimum atomic E-state index is -0.199. The fourth-order valence-corrected chi connectivity index (χ4v) is 4.08. The Labute approximate surface area is 178 Å². The summed E-state index contributed by atoms with van der Waals surface area (Å²) in [4.78, 5) is 22.1. The van der Waals surface area contributed by atoms with Gasteiger partial charge in [0.05, 0.1) is 21.6 Å². The normalized spacial score (nSPS) is 13.3. The van der Waals surface area contributed by atoms with Gasteiger partial charge in [-0.3, -0.25) is 9.36 Å². The lowest BCUT2D eigenvalue weighted by molar-refractivity contribution is 0.644. The second-order valence-corrected chi connectivity index (χ2v) is 7.84. The lowest BCUT2D eigenvalue weighted by Crippen LogP contribution is -2.23. The number of hydrogen-bond acceptors (Lipinski definition) is 5. The van der Waals surface area contributed by atoms with Crippen LogP contribution < -0.4 is 16.2 Å². The van der Waals surface area contributed by atoms with E-state index in [0.717, 1.165) is 30.8 Å². The van der Waals surface area contributed by atoms with E-state index in [1.807, 2.05) is 31.2 Å². The molecule has 4 aromatic rings. The smallest absolute Gasteiger partial charge is 0.266 e. The number of para-hydroxylation sites is 1. The molecule has 0 aliphatic carbocycles. The molecule has 0 saturated carbocycles. The monoisotopic (exact) mass is 417 g/mol. The average molecular weight is 418 g/mol. The molecule has 30 heavy (non-hydrogen) atoms. The van der Waals surface area contributed by atoms with E-state index in [9.17, 15) is 4.79 Å². The summed E-state index contributed by atoms with van der Waals surface area (Å²) in [5, 5.41) is 7.62. The summed E-state index contributed by atoms with van der Waals surface area (Å²) >= 11 is 6.29. The van der Waals surface area contributed by atoms with Crippen molar-refractivity contribution < 1.29 is 0 Å². The minimum absolute atomic E-state index is 0.199. The highest BCUT2D eigenvalue weighted by Gasteiger charge is 2.13. The van der Waals surface area contributed by atoms with Crippen molar-refractivity contribution in [1.29, 1.82) is 0 Å². The van der Waals surface area contributed by atoms with Crippen molar-refractivity contribution in [3.8, 4) is 5.69 Å². The number of fused-ring (bicyclic) bond motifs is 2. The van der Waals surface area contributed by atoms with Crippen LogP contribution in [0.25, 0.3) is 16.6 Å². The molecule has 0 atom stereocenters. The predicted molar refractivity (Wildman–Crippen MR) is 120 cm³/mol. The molecule has 150 valence electrons. The SMILES string of the molecule is Cc1cn(-c2ccccc2Cl)c(=O)c2cnc(Nc3ccc4c(c3)CNCC4)nc12. The van der Waals surface area contributed by atoms with E-state index in [1.165, 1.54) is 11.1 Å². The van der Waals surface area contributed by atoms with Crippen LogP contribution in [0, 0.1) is 6.92 Å². The Morgan fingerprint density at radius 2 is 2.03 bits per heavy atom. The van der Waals surface area contributed by atoms with Crippen molar-refractivity contribution in [2.75, 3.05) is 11.9 Å². The van der Waals surface area contributed by atoms with Crippen molar-refractivity contribution in [1.82, 2.24) is 19.9 Å². The lowest BCUT2D eigenvalue weighted by Gasteiger charge is -2.18. The number of aromatic nitrogens is 3. The highest BCUT2D eigenvalue weighted by molar-refractivity contribution is 6.32. The molecular formula is C23H20ClN5O. The van der Waals surface area contributed by atoms with Crippen molar-refractivity contribution in [2.45, 2.75) is 19.9 Å². The van der Waals surface area contributed by atoms with Crippen LogP contribution in [0.3, 0.4) is 0 Å². The van der Waals surface area contributed by atoms with Gasteiger partial charge >= 0.3 is 0 Å². The highest BCUT2D eigenvalue weighted by atomic mass is 35.5. The van der Waals surface area contributed by atoms with Crippen LogP contribution in [0.15, 0.2) is 59.7 Å². The Kier molecular flexibility index (Phi) is 4.73. The third-order valence-corrected chi connectivity index (χ3v) is 5.71. The largest absolute Gasteiger partial charge is 0.324 e. The van der Waals surface area contributed by atoms with Crippen molar-refractivity contribution in [3.05, 3.63) is 86.9 Å². The van der Waals surface area contributed by atoms with Gasteiger partial charge in [-0.15, -0.1) is 0 Å². The van der Waals surface area contributed by atoms with Crippen LogP contribution in [0.5, 0.6) is 0 Å². The predicted octanol–water partition coefficient (Wildman–Crippen LogP) is 4.13. The molecule has 5 rings (SSSR count). The van der Waals surface area contributed by atoms with Crippen LogP contribution in [0.2, 0.25) is 5.02 Å². The summed E-state index contributed by atoms with van der Waals surface area (Å²) in [6.07, 6.45) is 4.39. The summed E-state index contributed by atoms with van der Waals surface area (Å²) in [7, 11) is 0. The maximum absolute atomic E-state index is 13.1. The number of pyridine rings is 1. The maximum Gasteiger partial charge on any atom is 0.266 e. The van der Waals surface area contributed by atoms with Gasteiger partial charge in [-0.05, 0) is 60.8 Å². The zero-order valence-corrected chi connectivity index (χ0v) is 17.2. The van der Waals surface area contributed by atoms with Crippen LogP contribution >= 0.6 is 11.6 Å². The molecule has 0 amide bonds. The van der Waals surface area contributed by atoms with Crippen molar-refractivity contribution in [3.63, 3.8) is 0 Å². The lowest BCUT2D eigenvalue weighted by atomic mass is 10.0. The number of anilines is 2. The first-order valence-corrected chi connectivity index (χ1v) is 10.2. The van der Waals surface area contributed by atoms with E-state index in [2.05, 4.69) is 32.7 Å². The first kappa shape index (κ1) is 18.8. The third kappa shape index (κ3) is 3.34. The first-order chi connectivity index (χ1) is 14.6. The zero-order chi connectivity index (χ0) is 20.7. The van der Waals surface area contributed by atoms with Gasteiger partial charge in [-0.1, -0.05) is 29.8 Å². The zero-order valence-electron chi connectivity index (χ0n) is 16.4. The fraction of sp³-hybridized carbons (Fsp3) is 0.174. The summed E-state index contributed by atoms with van der Waals surface area (Å²) in [6.45, 7) is 3.80. The number of rotatable bonds is 3. The molecule has 3 heterocycles. The van der Waals surface area contributed by atoms with Gasteiger partial charge in [0.15, 0.2) is 0 Å². The molecule has 0 fully saturated rings. The molecule has 2 aromatic carbocycles. The molecule has 0 saturated heterocycles. The molecule has 2 N–H and O–H groups in total. The summed E-state index contributed by atoms with van der Waals surface area (Å²) < 4.78 is 1.55. The molecule has 2 aromatic heterocycles. The van der Waals surface area contributed by atoms with Crippen molar-refractivity contribution in [2.24, 2.45) is 0 Å². The van der Waals surface area contributed by atoms with E-state index < -0.39 is 0 Å². The molecule has 1 aliphatic rings. The molecule has 0 radical (unpaired) electrons. The number of halogens is 1. The fourth-order valence-electron chi connectivity index (χ4n) is 3.86. The summed E-state index contributed by atoms with van der Waals surface area (Å²) in [6, 6.07) is 13.6. The second-order valence-electron chi connectivity index (χ2n) is 7.43. The molecule has 0 spiro atoms. The van der Waals surface area contributed by atoms with Crippen LogP contribution in [-0.2, 0) is 13.0 Å². The molecule has 6 nitrogen and oxygen atoms in total. The highest BCUT2D eigenvalue weighted by Crippen LogP contribution is 2.24. The van der Waals surface area contributed by atoms with E-state index in [0.29, 0.717) is 27.6 Å². The Morgan fingerprint density at radius 3 is 2.90 bits per heavy atom. The van der Waals surface area contributed by atoms with E-state index in [4.69, 9.17) is 11.6 Å². The van der Waals surface area contributed by atoms with E-state index >= 15 is 0 Å². The number of benzene rings is 2. The number of aryl methyl sites for hydroxylation is 1. The Bertz CT molecular complexity index is 1330. The van der Waals surface area contributed by atoms with E-state index in [1.54, 1.807) is 23.0 Å². The van der Waals surface area contributed by atoms with Gasteiger partial charge in [0, 0.05) is 24.6 Å². The van der Waals surface area contributed by atoms with Crippen LogP contribution in [0.1, 0.15) is 16.7 Å². The average Bonchev–Trinajstić information content (AvgIpc) is 2.77. The van der Waals surface area contributed by atoms with Crippen LogP contribution in [-0.4, -0.2) is 21.1 Å². The first-order valence-electron chi connectivity index (χ1n) is 9.83. The third-order valence-electron chi connectivity index (χ3n) is 5.40. The molecular weight excluding hydrogens is 398 g/mol. The van der Waals surface area contributed by atoms with Gasteiger partial charge in [0.2, 0.25) is 5.95 Å². The Morgan fingerprint density at radius 1 is 1.17 bits per heavy atom. The van der Waals surface area contributed by atoms with Gasteiger partial charge < -0.3 is 10.6 Å². The Balaban J connectivity index is 1.54. The molecule has 7 heteroatoms. The number of nitrogens with one attached hydrogen (secondary N) is 2. The number of hydrogen-bond donors (Lipinski definition) is 2. The topological polar surface area (TPSA) is 71.8 Å². The molecule has 0 unspecified atom stereocenters. The maximum atomic E-state index is 13.1. The van der Waals surface area contributed by atoms with Gasteiger partial charge in [-0.25, -0.2) is 9.97 Å². The Hall–Kier alpha value is -3.22.